The molecule has 0 bridgehead atoms. The number of rotatable bonds is 9. The van der Waals surface area contributed by atoms with Crippen LogP contribution < -0.4 is 0 Å². The molecule has 1 N–H and O–H groups in total. The van der Waals surface area contributed by atoms with Crippen molar-refractivity contribution in [3.05, 3.63) is 218 Å². The van der Waals surface area contributed by atoms with Crippen molar-refractivity contribution in [3.8, 4) is 55.6 Å². The number of nitrogens with zero attached hydrogens (tertiary/aromatic N) is 4. The number of pyridine rings is 2. The number of aryl methyl sites for hydroxylation is 1. The number of aliphatic hydroxyl groups is 1. The number of ketones is 1. The Morgan fingerprint density at radius 2 is 0.955 bits per heavy atom. The van der Waals surface area contributed by atoms with Gasteiger partial charge in [0.1, 0.15) is 0 Å². The normalized spacial score (nSPS) is 11.9. The zero-order chi connectivity index (χ0) is 44.3. The number of fused-ring (bicyclic) bond motifs is 12. The molecule has 12 rings (SSSR count). The van der Waals surface area contributed by atoms with Crippen LogP contribution in [0.1, 0.15) is 18.9 Å². The quantitative estimate of drug-likeness (QED) is 0.0677. The number of carbonyl (C=O) groups excluding carboxylic acids is 1. The Kier molecular flexibility index (Phi) is 10.7. The molecule has 0 atom stereocenters. The number of aliphatic hydroxyl groups excluding tert-OH is 1. The van der Waals surface area contributed by atoms with Gasteiger partial charge >= 0.3 is 0 Å². The molecule has 0 unspecified atom stereocenters. The van der Waals surface area contributed by atoms with Crippen LogP contribution in [0.4, 0.5) is 0 Å². The smallest absolute Gasteiger partial charge is 0.159 e. The summed E-state index contributed by atoms with van der Waals surface area (Å²) in [6.45, 7) is 1.53. The molecule has 0 aliphatic rings. The van der Waals surface area contributed by atoms with E-state index in [4.69, 9.17) is 9.97 Å². The fourth-order valence-electron chi connectivity index (χ4n) is 9.94. The van der Waals surface area contributed by atoms with Gasteiger partial charge in [0.15, 0.2) is 5.78 Å². The first-order valence-corrected chi connectivity index (χ1v) is 22.2. The number of carbonyl (C=O) groups is 1. The summed E-state index contributed by atoms with van der Waals surface area (Å²) >= 11 is 0. The van der Waals surface area contributed by atoms with E-state index in [1.54, 1.807) is 0 Å². The zero-order valence-electron chi connectivity index (χ0n) is 36.4. The Morgan fingerprint density at radius 1 is 0.537 bits per heavy atom. The first-order valence-electron chi connectivity index (χ1n) is 22.2. The second-order valence-electron chi connectivity index (χ2n) is 16.9. The van der Waals surface area contributed by atoms with Crippen molar-refractivity contribution in [3.63, 3.8) is 0 Å². The molecule has 0 aliphatic heterocycles. The molecule has 0 spiro atoms. The first-order chi connectivity index (χ1) is 32.5. The maximum atomic E-state index is 12.9. The van der Waals surface area contributed by atoms with Gasteiger partial charge in [0.25, 0.3) is 0 Å². The number of benzene rings is 8. The van der Waals surface area contributed by atoms with Gasteiger partial charge in [-0.2, -0.15) is 0 Å². The molecule has 0 amide bonds. The third-order valence-corrected chi connectivity index (χ3v) is 12.9. The summed E-state index contributed by atoms with van der Waals surface area (Å²) in [5.41, 5.74) is 15.7. The van der Waals surface area contributed by atoms with Crippen LogP contribution in [0.2, 0.25) is 0 Å². The minimum atomic E-state index is -0.107. The number of allylic oxidation sites excluding steroid dienone is 2. The molecule has 1 radical (unpaired) electrons. The average Bonchev–Trinajstić information content (AvgIpc) is 4.08. The molecule has 4 heterocycles. The monoisotopic (exact) mass is 1040 g/mol. The topological polar surface area (TPSA) is 71.9 Å². The molecular weight excluding hydrogens is 1000 g/mol. The van der Waals surface area contributed by atoms with Crippen molar-refractivity contribution in [2.45, 2.75) is 19.8 Å². The van der Waals surface area contributed by atoms with E-state index in [1.807, 2.05) is 30.9 Å². The summed E-state index contributed by atoms with van der Waals surface area (Å²) in [6.07, 6.45) is 9.85. The first kappa shape index (κ1) is 41.7. The largest absolute Gasteiger partial charge is 0.512 e. The second-order valence-corrected chi connectivity index (χ2v) is 16.9. The van der Waals surface area contributed by atoms with E-state index in [-0.39, 0.29) is 38.1 Å². The second kappa shape index (κ2) is 17.1. The van der Waals surface area contributed by atoms with Gasteiger partial charge < -0.3 is 13.9 Å². The third-order valence-electron chi connectivity index (χ3n) is 12.9. The summed E-state index contributed by atoms with van der Waals surface area (Å²) in [4.78, 5) is 22.3. The summed E-state index contributed by atoms with van der Waals surface area (Å²) in [6, 6.07) is 65.5. The molecule has 6 nitrogen and oxygen atoms in total. The van der Waals surface area contributed by atoms with Crippen LogP contribution in [0.5, 0.6) is 0 Å². The van der Waals surface area contributed by atoms with E-state index >= 15 is 0 Å². The van der Waals surface area contributed by atoms with Gasteiger partial charge in [-0.25, -0.2) is 0 Å². The van der Waals surface area contributed by atoms with Crippen molar-refractivity contribution in [2.75, 3.05) is 0 Å². The van der Waals surface area contributed by atoms with E-state index in [9.17, 15) is 9.90 Å². The van der Waals surface area contributed by atoms with Crippen LogP contribution in [0.15, 0.2) is 200 Å². The number of imidazole rings is 2. The van der Waals surface area contributed by atoms with Crippen LogP contribution in [-0.4, -0.2) is 29.7 Å². The minimum Gasteiger partial charge on any atom is -0.512 e. The van der Waals surface area contributed by atoms with E-state index in [0.717, 1.165) is 116 Å². The van der Waals surface area contributed by atoms with Gasteiger partial charge in [-0.3, -0.25) is 14.8 Å². The fraction of sp³-hybridized carbons (Fsp3) is 0.0500. The third kappa shape index (κ3) is 7.30. The number of aromatic nitrogens is 4. The molecule has 8 aromatic carbocycles. The molecular formula is C60H40IrN4O2-2. The van der Waals surface area contributed by atoms with Crippen LogP contribution in [0, 0.1) is 12.1 Å². The maximum Gasteiger partial charge on any atom is 0.159 e. The van der Waals surface area contributed by atoms with Crippen molar-refractivity contribution in [1.82, 2.24) is 18.8 Å². The molecule has 7 heteroatoms. The van der Waals surface area contributed by atoms with Crippen molar-refractivity contribution >= 4 is 60.4 Å². The minimum absolute atomic E-state index is 0. The number of hydrogen-bond donors (Lipinski definition) is 1. The molecule has 323 valence electrons. The number of para-hydroxylation sites is 2. The van der Waals surface area contributed by atoms with Gasteiger partial charge in [-0.15, -0.1) is 47.2 Å². The Hall–Kier alpha value is -7.96. The Labute approximate surface area is 400 Å². The molecule has 0 fully saturated rings. The summed E-state index contributed by atoms with van der Waals surface area (Å²) in [5, 5.41) is 16.3. The van der Waals surface area contributed by atoms with Gasteiger partial charge in [0.05, 0.1) is 17.1 Å². The van der Waals surface area contributed by atoms with Gasteiger partial charge in [0.2, 0.25) is 0 Å². The standard InChI is InChI=1S/C60H40N4O2.Ir/c1-38(65)32-45(66)25-22-39-12-2-3-13-46(39)42-33-43(49-16-6-4-14-47(49)40-23-26-53-55(36-40)51-18-8-10-20-57(51)63-30-28-61-59(53)63)35-44(34-42)50-17-7-5-15-48(50)41-24-27-54-56(37-41)52-19-9-11-21-58(52)64-31-29-62-60(54)64;/h2-21,23-24,28-37,65H,22,25H2,1H3;/q-2;/b38-32-;. The molecule has 12 aromatic rings. The predicted octanol–water partition coefficient (Wildman–Crippen LogP) is 14.5. The summed E-state index contributed by atoms with van der Waals surface area (Å²) in [7, 11) is 0. The van der Waals surface area contributed by atoms with Gasteiger partial charge in [-0.1, -0.05) is 142 Å². The summed E-state index contributed by atoms with van der Waals surface area (Å²) in [5.74, 6) is -0.0917. The molecule has 0 aliphatic carbocycles. The van der Waals surface area contributed by atoms with Crippen molar-refractivity contribution in [1.29, 1.82) is 0 Å². The van der Waals surface area contributed by atoms with Gasteiger partial charge in [-0.05, 0) is 93.4 Å². The van der Waals surface area contributed by atoms with E-state index in [0.29, 0.717) is 6.42 Å². The van der Waals surface area contributed by atoms with E-state index in [1.165, 1.54) is 13.0 Å². The molecule has 4 aromatic heterocycles. The Bertz CT molecular complexity index is 3740. The maximum absolute atomic E-state index is 12.9. The fourth-order valence-corrected chi connectivity index (χ4v) is 9.94. The van der Waals surface area contributed by atoms with E-state index < -0.39 is 0 Å². The van der Waals surface area contributed by atoms with Crippen molar-refractivity contribution in [2.24, 2.45) is 0 Å². The van der Waals surface area contributed by atoms with E-state index in [2.05, 4.69) is 179 Å². The average molecular weight is 1040 g/mol. The van der Waals surface area contributed by atoms with Crippen LogP contribution in [-0.2, 0) is 31.3 Å². The van der Waals surface area contributed by atoms with Crippen molar-refractivity contribution < 1.29 is 30.0 Å². The van der Waals surface area contributed by atoms with Crippen LogP contribution >= 0.6 is 0 Å². The molecule has 0 saturated heterocycles. The van der Waals surface area contributed by atoms with Crippen LogP contribution in [0.3, 0.4) is 0 Å². The Morgan fingerprint density at radius 3 is 1.45 bits per heavy atom. The SMILES string of the molecule is C/C(O)=C/C(=O)CCc1ccccc1-c1cc(-c2ccccc2-c2c[c-]c3c(c2)c2ccccc2n2ccnc32)cc(-c2ccccc2-c2c[c-]c3c(c2)c2ccccc2n2ccnc32)c1.[Ir]. The number of hydrogen-bond acceptors (Lipinski definition) is 4. The predicted molar refractivity (Wildman–Crippen MR) is 269 cm³/mol. The summed E-state index contributed by atoms with van der Waals surface area (Å²) < 4.78 is 4.28. The zero-order valence-corrected chi connectivity index (χ0v) is 38.8. The molecule has 67 heavy (non-hydrogen) atoms. The Balaban J connectivity index is 0.00000494. The van der Waals surface area contributed by atoms with Crippen LogP contribution in [0.25, 0.3) is 110 Å². The van der Waals surface area contributed by atoms with Gasteiger partial charge in [0, 0.05) is 68.4 Å². The molecule has 0 saturated carbocycles.